The van der Waals surface area contributed by atoms with Crippen molar-refractivity contribution < 1.29 is 9.59 Å². The third-order valence-corrected chi connectivity index (χ3v) is 6.09. The summed E-state index contributed by atoms with van der Waals surface area (Å²) in [4.78, 5) is 27.6. The molecule has 0 saturated carbocycles. The lowest BCUT2D eigenvalue weighted by Gasteiger charge is -2.28. The molecular weight excluding hydrogens is 450 g/mol. The van der Waals surface area contributed by atoms with Crippen LogP contribution in [0.1, 0.15) is 27.6 Å². The number of allylic oxidation sites excluding steroid dienone is 1. The van der Waals surface area contributed by atoms with Gasteiger partial charge in [0.05, 0.1) is 31.2 Å². The number of benzene rings is 2. The lowest BCUT2D eigenvalue weighted by Crippen LogP contribution is -2.48. The van der Waals surface area contributed by atoms with Gasteiger partial charge in [0, 0.05) is 5.70 Å². The largest absolute Gasteiger partial charge is 0.359 e. The van der Waals surface area contributed by atoms with Gasteiger partial charge in [0.25, 0.3) is 11.8 Å². The van der Waals surface area contributed by atoms with Crippen molar-refractivity contribution in [1.82, 2.24) is 10.2 Å². The maximum absolute atomic E-state index is 13.3. The van der Waals surface area contributed by atoms with Crippen molar-refractivity contribution >= 4 is 70.0 Å². The normalized spacial score (nSPS) is 15.9. The molecule has 3 rings (SSSR count). The molecule has 1 aliphatic heterocycles. The molecule has 1 aliphatic rings. The molecule has 0 bridgehead atoms. The average Bonchev–Trinajstić information content (AvgIpc) is 3.00. The number of hydrogen-bond donors (Lipinski definition) is 1. The number of carbonyl (C=O) groups is 2. The Kier molecular flexibility index (Phi) is 6.28. The molecule has 0 unspecified atom stereocenters. The molecule has 1 N–H and O–H groups in total. The fourth-order valence-electron chi connectivity index (χ4n) is 2.51. The van der Waals surface area contributed by atoms with E-state index in [2.05, 4.69) is 5.32 Å². The van der Waals surface area contributed by atoms with Crippen LogP contribution >= 0.6 is 58.2 Å². The van der Waals surface area contributed by atoms with E-state index in [9.17, 15) is 9.59 Å². The monoisotopic (exact) mass is 460 g/mol. The Morgan fingerprint density at radius 2 is 1.30 bits per heavy atom. The fraction of sp³-hybridized carbons (Fsp3) is 0.111. The van der Waals surface area contributed by atoms with Crippen LogP contribution in [0.15, 0.2) is 47.5 Å². The predicted octanol–water partition coefficient (Wildman–Crippen LogP) is 6.06. The molecule has 140 valence electrons. The number of nitrogens with one attached hydrogen (secondary N) is 1. The molecule has 0 spiro atoms. The summed E-state index contributed by atoms with van der Waals surface area (Å²) in [6.07, 6.45) is 0. The third kappa shape index (κ3) is 4.08. The summed E-state index contributed by atoms with van der Waals surface area (Å²) in [6.45, 7) is 1.82. The van der Waals surface area contributed by atoms with E-state index in [4.69, 9.17) is 46.4 Å². The summed E-state index contributed by atoms with van der Waals surface area (Å²) in [5, 5.41) is 5.44. The maximum atomic E-state index is 13.3. The number of imide groups is 1. The van der Waals surface area contributed by atoms with E-state index in [1.54, 1.807) is 17.5 Å². The number of halogens is 4. The van der Waals surface area contributed by atoms with Gasteiger partial charge in [0.1, 0.15) is 0 Å². The zero-order chi connectivity index (χ0) is 19.7. The molecular formula is C18H12Cl4N2O2S. The molecule has 2 amide bonds. The number of hydrogen-bond acceptors (Lipinski definition) is 4. The first-order valence-electron chi connectivity index (χ1n) is 7.66. The predicted molar refractivity (Wildman–Crippen MR) is 112 cm³/mol. The summed E-state index contributed by atoms with van der Waals surface area (Å²) < 4.78 is 0. The second-order valence-electron chi connectivity index (χ2n) is 5.61. The zero-order valence-corrected chi connectivity index (χ0v) is 17.6. The lowest BCUT2D eigenvalue weighted by atomic mass is 10.1. The van der Waals surface area contributed by atoms with E-state index in [1.807, 2.05) is 6.92 Å². The summed E-state index contributed by atoms with van der Waals surface area (Å²) in [6, 6.07) is 9.36. The molecule has 0 aliphatic carbocycles. The van der Waals surface area contributed by atoms with Gasteiger partial charge in [-0.2, -0.15) is 0 Å². The van der Waals surface area contributed by atoms with Gasteiger partial charge in [-0.1, -0.05) is 70.3 Å². The number of thioether (sulfide) groups is 1. The SMILES string of the molecule is CC1=CS[C@@H](N(C(=O)c2c(Cl)cccc2Cl)C(=O)c2c(Cl)cccc2Cl)N1. The van der Waals surface area contributed by atoms with Crippen molar-refractivity contribution in [3.8, 4) is 0 Å². The Balaban J connectivity index is 2.10. The van der Waals surface area contributed by atoms with Crippen molar-refractivity contribution in [2.45, 2.75) is 12.4 Å². The average molecular weight is 462 g/mol. The third-order valence-electron chi connectivity index (χ3n) is 3.75. The first-order valence-corrected chi connectivity index (χ1v) is 10.1. The smallest absolute Gasteiger partial charge is 0.266 e. The van der Waals surface area contributed by atoms with Crippen LogP contribution in [0.25, 0.3) is 0 Å². The van der Waals surface area contributed by atoms with Crippen molar-refractivity contribution in [2.24, 2.45) is 0 Å². The first kappa shape index (κ1) is 20.4. The highest BCUT2D eigenvalue weighted by atomic mass is 35.5. The Morgan fingerprint density at radius 3 is 1.63 bits per heavy atom. The molecule has 1 atom stereocenters. The van der Waals surface area contributed by atoms with Crippen LogP contribution in [0, 0.1) is 0 Å². The Bertz CT molecular complexity index is 860. The van der Waals surface area contributed by atoms with E-state index in [-0.39, 0.29) is 31.2 Å². The van der Waals surface area contributed by atoms with E-state index < -0.39 is 17.3 Å². The Labute approximate surface area is 180 Å². The van der Waals surface area contributed by atoms with Crippen LogP contribution in [-0.4, -0.2) is 22.2 Å². The van der Waals surface area contributed by atoms with Gasteiger partial charge in [-0.15, -0.1) is 0 Å². The topological polar surface area (TPSA) is 49.4 Å². The second-order valence-corrected chi connectivity index (χ2v) is 8.19. The number of rotatable bonds is 3. The van der Waals surface area contributed by atoms with Crippen molar-refractivity contribution in [3.63, 3.8) is 0 Å². The molecule has 2 aromatic rings. The Hall–Kier alpha value is -1.37. The van der Waals surface area contributed by atoms with E-state index in [1.165, 1.54) is 36.0 Å². The molecule has 2 aromatic carbocycles. The van der Waals surface area contributed by atoms with E-state index in [0.717, 1.165) is 10.6 Å². The van der Waals surface area contributed by atoms with E-state index in [0.29, 0.717) is 0 Å². The number of nitrogens with zero attached hydrogens (tertiary/aromatic N) is 1. The van der Waals surface area contributed by atoms with Gasteiger partial charge >= 0.3 is 0 Å². The molecule has 0 saturated heterocycles. The molecule has 1 heterocycles. The van der Waals surface area contributed by atoms with Crippen molar-refractivity contribution in [2.75, 3.05) is 0 Å². The van der Waals surface area contributed by atoms with Crippen LogP contribution in [0.5, 0.6) is 0 Å². The zero-order valence-electron chi connectivity index (χ0n) is 13.8. The fourth-order valence-corrected chi connectivity index (χ4v) is 4.59. The van der Waals surface area contributed by atoms with Crippen LogP contribution in [0.2, 0.25) is 20.1 Å². The number of carbonyl (C=O) groups excluding carboxylic acids is 2. The van der Waals surface area contributed by atoms with Crippen LogP contribution < -0.4 is 5.32 Å². The summed E-state index contributed by atoms with van der Waals surface area (Å²) in [5.74, 6) is -1.31. The van der Waals surface area contributed by atoms with E-state index >= 15 is 0 Å². The molecule has 9 heteroatoms. The highest BCUT2D eigenvalue weighted by Crippen LogP contribution is 2.33. The Morgan fingerprint density at radius 1 is 0.889 bits per heavy atom. The standard InChI is InChI=1S/C18H12Cl4N2O2S/c1-9-8-27-18(23-9)24(16(25)14-10(19)4-2-5-11(14)20)17(26)15-12(21)6-3-7-13(15)22/h2-8,18,23H,1H3/t18-/m1/s1. The van der Waals surface area contributed by atoms with Gasteiger partial charge in [-0.05, 0) is 36.6 Å². The van der Waals surface area contributed by atoms with Crippen molar-refractivity contribution in [3.05, 3.63) is 78.7 Å². The van der Waals surface area contributed by atoms with Gasteiger partial charge in [-0.25, -0.2) is 4.90 Å². The van der Waals surface area contributed by atoms with Gasteiger partial charge < -0.3 is 5.32 Å². The second kappa shape index (κ2) is 8.33. The molecule has 0 fully saturated rings. The molecule has 0 aromatic heterocycles. The van der Waals surface area contributed by atoms with Gasteiger partial charge in [0.15, 0.2) is 5.50 Å². The lowest BCUT2D eigenvalue weighted by molar-refractivity contribution is 0.0589. The minimum absolute atomic E-state index is 0.0318. The quantitative estimate of drug-likeness (QED) is 0.564. The summed E-state index contributed by atoms with van der Waals surface area (Å²) in [5.41, 5.74) is 0.185. The van der Waals surface area contributed by atoms with Gasteiger partial charge in [0.2, 0.25) is 0 Å². The molecule has 4 nitrogen and oxygen atoms in total. The summed E-state index contributed by atoms with van der Waals surface area (Å²) in [7, 11) is 0. The van der Waals surface area contributed by atoms with Crippen LogP contribution in [-0.2, 0) is 0 Å². The maximum Gasteiger partial charge on any atom is 0.266 e. The van der Waals surface area contributed by atoms with Crippen molar-refractivity contribution in [1.29, 1.82) is 0 Å². The van der Waals surface area contributed by atoms with Crippen LogP contribution in [0.3, 0.4) is 0 Å². The minimum atomic E-state index is -0.690. The van der Waals surface area contributed by atoms with Crippen LogP contribution in [0.4, 0.5) is 0 Å². The van der Waals surface area contributed by atoms with Gasteiger partial charge in [-0.3, -0.25) is 9.59 Å². The highest BCUT2D eigenvalue weighted by Gasteiger charge is 2.36. The molecule has 0 radical (unpaired) electrons. The molecule has 27 heavy (non-hydrogen) atoms. The minimum Gasteiger partial charge on any atom is -0.359 e. The summed E-state index contributed by atoms with van der Waals surface area (Å²) >= 11 is 26.0. The number of amides is 2. The highest BCUT2D eigenvalue weighted by molar-refractivity contribution is 8.02. The first-order chi connectivity index (χ1) is 12.8.